The Balaban J connectivity index is 1.66. The van der Waals surface area contributed by atoms with E-state index in [1.54, 1.807) is 0 Å². The van der Waals surface area contributed by atoms with E-state index in [2.05, 4.69) is 20.0 Å². The summed E-state index contributed by atoms with van der Waals surface area (Å²) in [6.45, 7) is 0. The summed E-state index contributed by atoms with van der Waals surface area (Å²) < 4.78 is 0. The minimum absolute atomic E-state index is 0.0799. The molecule has 0 aromatic heterocycles. The summed E-state index contributed by atoms with van der Waals surface area (Å²) in [5.74, 6) is 1.07. The number of nitrogens with zero attached hydrogens (tertiary/aromatic N) is 4. The third kappa shape index (κ3) is 2.53. The Morgan fingerprint density at radius 2 is 2.00 bits per heavy atom. The monoisotopic (exact) mass is 270 g/mol. The van der Waals surface area contributed by atoms with Crippen molar-refractivity contribution in [2.24, 2.45) is 20.0 Å². The number of rotatable bonds is 3. The normalized spacial score (nSPS) is 19.9. The first-order valence-corrected chi connectivity index (χ1v) is 6.74. The van der Waals surface area contributed by atoms with Crippen molar-refractivity contribution in [3.8, 4) is 0 Å². The van der Waals surface area contributed by atoms with Crippen LogP contribution in [0.1, 0.15) is 10.4 Å². The molecule has 94 valence electrons. The van der Waals surface area contributed by atoms with E-state index < -0.39 is 0 Å². The molecule has 2 aliphatic rings. The van der Waals surface area contributed by atoms with Crippen molar-refractivity contribution in [1.82, 2.24) is 0 Å². The number of hydrogen-bond acceptors (Lipinski definition) is 6. The van der Waals surface area contributed by atoms with Gasteiger partial charge in [0.1, 0.15) is 17.7 Å². The molecule has 2 aliphatic heterocycles. The maximum atomic E-state index is 12.0. The summed E-state index contributed by atoms with van der Waals surface area (Å²) in [7, 11) is 0. The van der Waals surface area contributed by atoms with E-state index in [1.807, 2.05) is 30.3 Å². The highest BCUT2D eigenvalue weighted by Gasteiger charge is 2.26. The van der Waals surface area contributed by atoms with E-state index in [-0.39, 0.29) is 11.8 Å². The average molecular weight is 270 g/mol. The molecule has 0 saturated carbocycles. The standard InChI is InChI=1S/C13H10N4OS/c18-10(9-4-2-1-3-5-9)6-19-13-11-12(15-7-14-11)16-8-17-13/h1-5,7-8,11H,6H2. The summed E-state index contributed by atoms with van der Waals surface area (Å²) in [6, 6.07) is 9.00. The molecule has 2 heterocycles. The first-order valence-electron chi connectivity index (χ1n) is 5.75. The molecular formula is C13H10N4OS. The van der Waals surface area contributed by atoms with Crippen LogP contribution in [0.15, 0.2) is 50.3 Å². The first-order chi connectivity index (χ1) is 9.34. The Labute approximate surface area is 114 Å². The molecule has 0 saturated heterocycles. The lowest BCUT2D eigenvalue weighted by molar-refractivity contribution is 0.102. The number of thioether (sulfide) groups is 1. The van der Waals surface area contributed by atoms with Gasteiger partial charge in [0, 0.05) is 5.56 Å². The molecule has 0 amide bonds. The first kappa shape index (κ1) is 12.0. The predicted octanol–water partition coefficient (Wildman–Crippen LogP) is 1.85. The lowest BCUT2D eigenvalue weighted by Crippen LogP contribution is -2.26. The third-order valence-corrected chi connectivity index (χ3v) is 3.74. The molecule has 0 bridgehead atoms. The number of benzene rings is 1. The van der Waals surface area contributed by atoms with Crippen LogP contribution in [-0.2, 0) is 0 Å². The van der Waals surface area contributed by atoms with Crippen LogP contribution in [0.5, 0.6) is 0 Å². The topological polar surface area (TPSA) is 66.5 Å². The Morgan fingerprint density at radius 3 is 2.84 bits per heavy atom. The van der Waals surface area contributed by atoms with Gasteiger partial charge in [0.05, 0.1) is 5.75 Å². The van der Waals surface area contributed by atoms with Crippen LogP contribution < -0.4 is 0 Å². The minimum atomic E-state index is -0.224. The molecule has 1 aromatic rings. The molecule has 6 heteroatoms. The van der Waals surface area contributed by atoms with E-state index in [4.69, 9.17) is 0 Å². The molecule has 1 aromatic carbocycles. The molecule has 1 atom stereocenters. The van der Waals surface area contributed by atoms with E-state index in [1.165, 1.54) is 24.4 Å². The second-order valence-electron chi connectivity index (χ2n) is 3.94. The predicted molar refractivity (Wildman–Crippen MR) is 78.9 cm³/mol. The van der Waals surface area contributed by atoms with Crippen LogP contribution in [-0.4, -0.2) is 41.1 Å². The van der Waals surface area contributed by atoms with Gasteiger partial charge in [-0.05, 0) is 0 Å². The molecule has 19 heavy (non-hydrogen) atoms. The zero-order valence-corrected chi connectivity index (χ0v) is 10.7. The van der Waals surface area contributed by atoms with Gasteiger partial charge in [0.2, 0.25) is 0 Å². The number of aliphatic imine (C=N–C) groups is 4. The molecule has 0 spiro atoms. The lowest BCUT2D eigenvalue weighted by Gasteiger charge is -2.12. The fourth-order valence-corrected chi connectivity index (χ4v) is 2.64. The van der Waals surface area contributed by atoms with Gasteiger partial charge in [-0.1, -0.05) is 42.1 Å². The van der Waals surface area contributed by atoms with Crippen molar-refractivity contribution in [2.45, 2.75) is 6.04 Å². The molecular weight excluding hydrogens is 260 g/mol. The number of carbonyl (C=O) groups is 1. The molecule has 0 radical (unpaired) electrons. The van der Waals surface area contributed by atoms with Gasteiger partial charge >= 0.3 is 0 Å². The van der Waals surface area contributed by atoms with E-state index in [0.29, 0.717) is 17.2 Å². The van der Waals surface area contributed by atoms with Crippen molar-refractivity contribution in [2.75, 3.05) is 5.75 Å². The van der Waals surface area contributed by atoms with Crippen LogP contribution in [0.25, 0.3) is 0 Å². The van der Waals surface area contributed by atoms with Gasteiger partial charge in [0.25, 0.3) is 0 Å². The van der Waals surface area contributed by atoms with Crippen molar-refractivity contribution >= 4 is 41.1 Å². The smallest absolute Gasteiger partial charge is 0.173 e. The number of fused-ring (bicyclic) bond motifs is 1. The SMILES string of the molecule is O=C(CSC1=NC=NC2=NC=NC21)c1ccccc1. The fourth-order valence-electron chi connectivity index (χ4n) is 1.75. The lowest BCUT2D eigenvalue weighted by atomic mass is 10.2. The highest BCUT2D eigenvalue weighted by atomic mass is 32.2. The second kappa shape index (κ2) is 5.27. The summed E-state index contributed by atoms with van der Waals surface area (Å²) in [5.41, 5.74) is 0.712. The second-order valence-corrected chi connectivity index (χ2v) is 4.94. The quantitative estimate of drug-likeness (QED) is 0.787. The number of Topliss-reactive ketones (excluding diaryl/α,β-unsaturated/α-hetero) is 1. The number of hydrogen-bond donors (Lipinski definition) is 0. The van der Waals surface area contributed by atoms with Gasteiger partial charge in [-0.2, -0.15) is 0 Å². The zero-order chi connectivity index (χ0) is 13.1. The highest BCUT2D eigenvalue weighted by Crippen LogP contribution is 2.19. The van der Waals surface area contributed by atoms with E-state index in [0.717, 1.165) is 5.04 Å². The van der Waals surface area contributed by atoms with Crippen molar-refractivity contribution in [3.05, 3.63) is 35.9 Å². The van der Waals surface area contributed by atoms with Crippen LogP contribution in [0.4, 0.5) is 0 Å². The maximum absolute atomic E-state index is 12.0. The van der Waals surface area contributed by atoms with E-state index in [9.17, 15) is 4.79 Å². The van der Waals surface area contributed by atoms with Gasteiger partial charge in [-0.25, -0.2) is 15.0 Å². The van der Waals surface area contributed by atoms with Crippen LogP contribution in [0, 0.1) is 0 Å². The molecule has 1 unspecified atom stereocenters. The summed E-state index contributed by atoms with van der Waals surface area (Å²) in [6.07, 6.45) is 2.94. The molecule has 0 aliphatic carbocycles. The molecule has 3 rings (SSSR count). The number of amidine groups is 1. The fraction of sp³-hybridized carbons (Fsp3) is 0.154. The van der Waals surface area contributed by atoms with Crippen molar-refractivity contribution in [3.63, 3.8) is 0 Å². The third-order valence-electron chi connectivity index (χ3n) is 2.71. The molecule has 0 fully saturated rings. The summed E-state index contributed by atoms with van der Waals surface area (Å²) in [4.78, 5) is 28.4. The van der Waals surface area contributed by atoms with Crippen molar-refractivity contribution < 1.29 is 4.79 Å². The van der Waals surface area contributed by atoms with Crippen LogP contribution in [0.2, 0.25) is 0 Å². The Hall–Kier alpha value is -2.08. The maximum Gasteiger partial charge on any atom is 0.173 e. The van der Waals surface area contributed by atoms with Gasteiger partial charge in [-0.15, -0.1) is 0 Å². The summed E-state index contributed by atoms with van der Waals surface area (Å²) in [5, 5.41) is 0.770. The Bertz CT molecular complexity index is 619. The van der Waals surface area contributed by atoms with Crippen molar-refractivity contribution in [1.29, 1.82) is 0 Å². The number of carbonyl (C=O) groups excluding carboxylic acids is 1. The van der Waals surface area contributed by atoms with Gasteiger partial charge in [-0.3, -0.25) is 9.79 Å². The molecule has 0 N–H and O–H groups in total. The zero-order valence-electron chi connectivity index (χ0n) is 9.93. The van der Waals surface area contributed by atoms with Crippen LogP contribution in [0.3, 0.4) is 0 Å². The van der Waals surface area contributed by atoms with E-state index >= 15 is 0 Å². The van der Waals surface area contributed by atoms with Gasteiger partial charge < -0.3 is 0 Å². The number of ketones is 1. The Kier molecular flexibility index (Phi) is 3.33. The minimum Gasteiger partial charge on any atom is -0.293 e. The van der Waals surface area contributed by atoms with Gasteiger partial charge in [0.15, 0.2) is 17.7 Å². The molecule has 5 nitrogen and oxygen atoms in total. The Morgan fingerprint density at radius 1 is 1.16 bits per heavy atom. The summed E-state index contributed by atoms with van der Waals surface area (Å²) >= 11 is 1.39. The van der Waals surface area contributed by atoms with Crippen LogP contribution >= 0.6 is 11.8 Å². The average Bonchev–Trinajstić information content (AvgIpc) is 2.94. The highest BCUT2D eigenvalue weighted by molar-refractivity contribution is 8.14. The largest absolute Gasteiger partial charge is 0.293 e.